The summed E-state index contributed by atoms with van der Waals surface area (Å²) in [6.07, 6.45) is 3.59. The fraction of sp³-hybridized carbons (Fsp3) is 0.444. The molecule has 1 N–H and O–H groups in total. The minimum atomic E-state index is -0.0348. The monoisotopic (exact) mass is 330 g/mol. The van der Waals surface area contributed by atoms with E-state index in [-0.39, 0.29) is 11.8 Å². The van der Waals surface area contributed by atoms with E-state index in [4.69, 9.17) is 4.74 Å². The Morgan fingerprint density at radius 2 is 2.30 bits per heavy atom. The van der Waals surface area contributed by atoms with E-state index in [0.29, 0.717) is 13.2 Å². The van der Waals surface area contributed by atoms with Crippen molar-refractivity contribution >= 4 is 17.2 Å². The van der Waals surface area contributed by atoms with Crippen LogP contribution in [0.2, 0.25) is 0 Å². The molecule has 23 heavy (non-hydrogen) atoms. The van der Waals surface area contributed by atoms with Crippen molar-refractivity contribution in [3.8, 4) is 5.75 Å². The molecule has 1 aliphatic rings. The molecule has 0 radical (unpaired) electrons. The van der Waals surface area contributed by atoms with Crippen LogP contribution in [0.4, 0.5) is 0 Å². The summed E-state index contributed by atoms with van der Waals surface area (Å²) >= 11 is 1.67. The Labute approximate surface area is 140 Å². The molecule has 4 nitrogen and oxygen atoms in total. The van der Waals surface area contributed by atoms with Gasteiger partial charge in [-0.25, -0.2) is 4.98 Å². The third-order valence-electron chi connectivity index (χ3n) is 4.04. The molecule has 1 aromatic heterocycles. The number of fused-ring (bicyclic) bond motifs is 1. The van der Waals surface area contributed by atoms with Crippen LogP contribution in [0.5, 0.6) is 5.75 Å². The first-order valence-corrected chi connectivity index (χ1v) is 9.06. The van der Waals surface area contributed by atoms with Gasteiger partial charge in [-0.05, 0) is 37.3 Å². The molecule has 2 heterocycles. The van der Waals surface area contributed by atoms with Crippen LogP contribution in [-0.2, 0) is 24.2 Å². The molecular formula is C18H22N2O2S. The molecule has 5 heteroatoms. The predicted octanol–water partition coefficient (Wildman–Crippen LogP) is 3.35. The van der Waals surface area contributed by atoms with Gasteiger partial charge in [0.15, 0.2) is 0 Å². The maximum Gasteiger partial charge on any atom is 0.223 e. The number of hydrogen-bond donors (Lipinski definition) is 1. The Hall–Kier alpha value is -1.88. The molecule has 0 bridgehead atoms. The molecule has 3 rings (SSSR count). The third-order valence-corrected chi connectivity index (χ3v) is 5.00. The van der Waals surface area contributed by atoms with E-state index in [1.807, 2.05) is 29.6 Å². The summed E-state index contributed by atoms with van der Waals surface area (Å²) in [5, 5.41) is 6.22. The summed E-state index contributed by atoms with van der Waals surface area (Å²) in [5.41, 5.74) is 2.07. The predicted molar refractivity (Wildman–Crippen MR) is 91.7 cm³/mol. The van der Waals surface area contributed by atoms with Crippen LogP contribution in [0.25, 0.3) is 0 Å². The van der Waals surface area contributed by atoms with Crippen molar-refractivity contribution in [2.45, 2.75) is 39.2 Å². The number of thiazole rings is 1. The van der Waals surface area contributed by atoms with Crippen LogP contribution in [0.15, 0.2) is 29.6 Å². The second kappa shape index (κ2) is 7.59. The number of hydrogen-bond acceptors (Lipinski definition) is 4. The Morgan fingerprint density at radius 1 is 1.43 bits per heavy atom. The van der Waals surface area contributed by atoms with Gasteiger partial charge >= 0.3 is 0 Å². The summed E-state index contributed by atoms with van der Waals surface area (Å²) in [6.45, 7) is 3.25. The Kier molecular flexibility index (Phi) is 5.28. The van der Waals surface area contributed by atoms with E-state index in [1.165, 1.54) is 0 Å². The van der Waals surface area contributed by atoms with E-state index >= 15 is 0 Å². The number of benzene rings is 1. The van der Waals surface area contributed by atoms with E-state index in [1.54, 1.807) is 11.3 Å². The van der Waals surface area contributed by atoms with Gasteiger partial charge in [-0.1, -0.05) is 25.1 Å². The standard InChI is InChI=1S/C18H22N2O2S/c1-2-5-17-20-15(12-23-17)11-19-18(21)14-8-9-22-16-7-4-3-6-13(16)10-14/h3-4,6-7,12,14H,2,5,8-11H2,1H3,(H,19,21). The number of para-hydroxylation sites is 1. The molecule has 1 atom stereocenters. The fourth-order valence-electron chi connectivity index (χ4n) is 2.80. The number of nitrogens with zero attached hydrogens (tertiary/aromatic N) is 1. The summed E-state index contributed by atoms with van der Waals surface area (Å²) in [5.74, 6) is 0.967. The van der Waals surface area contributed by atoms with Crippen molar-refractivity contribution in [3.63, 3.8) is 0 Å². The maximum atomic E-state index is 12.5. The Morgan fingerprint density at radius 3 is 3.17 bits per heavy atom. The van der Waals surface area contributed by atoms with Gasteiger partial charge in [0, 0.05) is 11.3 Å². The van der Waals surface area contributed by atoms with Crippen molar-refractivity contribution in [1.29, 1.82) is 0 Å². The average Bonchev–Trinajstić information content (AvgIpc) is 2.89. The van der Waals surface area contributed by atoms with Crippen LogP contribution in [0, 0.1) is 5.92 Å². The van der Waals surface area contributed by atoms with Gasteiger partial charge in [-0.2, -0.15) is 0 Å². The lowest BCUT2D eigenvalue weighted by atomic mass is 9.96. The first kappa shape index (κ1) is 16.0. The van der Waals surface area contributed by atoms with E-state index in [9.17, 15) is 4.79 Å². The number of rotatable bonds is 5. The van der Waals surface area contributed by atoms with Gasteiger partial charge < -0.3 is 10.1 Å². The summed E-state index contributed by atoms with van der Waals surface area (Å²) < 4.78 is 5.73. The molecule has 0 spiro atoms. The van der Waals surface area contributed by atoms with Crippen molar-refractivity contribution in [3.05, 3.63) is 45.9 Å². The topological polar surface area (TPSA) is 51.2 Å². The number of amides is 1. The largest absolute Gasteiger partial charge is 0.493 e. The van der Waals surface area contributed by atoms with E-state index < -0.39 is 0 Å². The Balaban J connectivity index is 1.57. The van der Waals surface area contributed by atoms with E-state index in [2.05, 4.69) is 17.2 Å². The smallest absolute Gasteiger partial charge is 0.223 e. The summed E-state index contributed by atoms with van der Waals surface area (Å²) in [4.78, 5) is 17.0. The summed E-state index contributed by atoms with van der Waals surface area (Å²) in [6, 6.07) is 7.97. The van der Waals surface area contributed by atoms with Crippen LogP contribution < -0.4 is 10.1 Å². The van der Waals surface area contributed by atoms with Crippen molar-refractivity contribution < 1.29 is 9.53 Å². The molecule has 1 unspecified atom stereocenters. The van der Waals surface area contributed by atoms with Gasteiger partial charge in [-0.3, -0.25) is 4.79 Å². The van der Waals surface area contributed by atoms with Gasteiger partial charge in [0.25, 0.3) is 0 Å². The molecule has 0 saturated heterocycles. The third kappa shape index (κ3) is 4.10. The molecule has 2 aromatic rings. The van der Waals surface area contributed by atoms with Crippen LogP contribution in [-0.4, -0.2) is 17.5 Å². The van der Waals surface area contributed by atoms with Crippen LogP contribution in [0.3, 0.4) is 0 Å². The highest BCUT2D eigenvalue weighted by Gasteiger charge is 2.23. The number of aromatic nitrogens is 1. The Bertz CT molecular complexity index is 669. The van der Waals surface area contributed by atoms with Gasteiger partial charge in [-0.15, -0.1) is 11.3 Å². The maximum absolute atomic E-state index is 12.5. The zero-order chi connectivity index (χ0) is 16.1. The lowest BCUT2D eigenvalue weighted by Gasteiger charge is -2.13. The quantitative estimate of drug-likeness (QED) is 0.914. The molecule has 1 aliphatic heterocycles. The van der Waals surface area contributed by atoms with Gasteiger partial charge in [0.05, 0.1) is 23.9 Å². The average molecular weight is 330 g/mol. The molecule has 0 saturated carbocycles. The highest BCUT2D eigenvalue weighted by molar-refractivity contribution is 7.09. The first-order chi connectivity index (χ1) is 11.3. The number of nitrogens with one attached hydrogen (secondary N) is 1. The SMILES string of the molecule is CCCc1nc(CNC(=O)C2CCOc3ccccc3C2)cs1. The molecule has 122 valence electrons. The minimum absolute atomic E-state index is 0.0348. The highest BCUT2D eigenvalue weighted by atomic mass is 32.1. The number of carbonyl (C=O) groups is 1. The van der Waals surface area contributed by atoms with Gasteiger partial charge in [0.1, 0.15) is 5.75 Å². The fourth-order valence-corrected chi connectivity index (χ4v) is 3.70. The van der Waals surface area contributed by atoms with Crippen LogP contribution >= 0.6 is 11.3 Å². The van der Waals surface area contributed by atoms with Crippen molar-refractivity contribution in [1.82, 2.24) is 10.3 Å². The van der Waals surface area contributed by atoms with Crippen molar-refractivity contribution in [2.75, 3.05) is 6.61 Å². The second-order valence-corrected chi connectivity index (χ2v) is 6.79. The molecule has 1 amide bonds. The number of ether oxygens (including phenoxy) is 1. The van der Waals surface area contributed by atoms with Crippen LogP contribution in [0.1, 0.15) is 36.0 Å². The highest BCUT2D eigenvalue weighted by Crippen LogP contribution is 2.26. The minimum Gasteiger partial charge on any atom is -0.493 e. The lowest BCUT2D eigenvalue weighted by Crippen LogP contribution is -2.31. The molecule has 0 aliphatic carbocycles. The van der Waals surface area contributed by atoms with Crippen molar-refractivity contribution in [2.24, 2.45) is 5.92 Å². The molecular weight excluding hydrogens is 308 g/mol. The zero-order valence-electron chi connectivity index (χ0n) is 13.4. The molecule has 0 fully saturated rings. The zero-order valence-corrected chi connectivity index (χ0v) is 14.2. The number of carbonyl (C=O) groups excluding carboxylic acids is 1. The lowest BCUT2D eigenvalue weighted by molar-refractivity contribution is -0.125. The first-order valence-electron chi connectivity index (χ1n) is 8.18. The second-order valence-electron chi connectivity index (χ2n) is 5.85. The summed E-state index contributed by atoms with van der Waals surface area (Å²) in [7, 11) is 0. The molecule has 1 aromatic carbocycles. The van der Waals surface area contributed by atoms with E-state index in [0.717, 1.165) is 47.7 Å². The van der Waals surface area contributed by atoms with Gasteiger partial charge in [0.2, 0.25) is 5.91 Å². The number of aryl methyl sites for hydroxylation is 1. The normalized spacial score (nSPS) is 17.0.